The average Bonchev–Trinajstić information content (AvgIpc) is 3.14. The van der Waals surface area contributed by atoms with Crippen LogP contribution in [0.3, 0.4) is 0 Å². The molecule has 0 bridgehead atoms. The third kappa shape index (κ3) is 2.86. The Balaban J connectivity index is 1.76. The summed E-state index contributed by atoms with van der Waals surface area (Å²) < 4.78 is 1.93. The van der Waals surface area contributed by atoms with Crippen molar-refractivity contribution in [2.24, 2.45) is 13.0 Å². The molecule has 1 aromatic heterocycles. The highest BCUT2D eigenvalue weighted by molar-refractivity contribution is 6.31. The highest BCUT2D eigenvalue weighted by Gasteiger charge is 2.38. The van der Waals surface area contributed by atoms with Crippen LogP contribution in [0.2, 0.25) is 5.02 Å². The first-order valence-electron chi connectivity index (χ1n) is 8.24. The highest BCUT2D eigenvalue weighted by atomic mass is 35.5. The Labute approximate surface area is 132 Å². The Morgan fingerprint density at radius 2 is 2.10 bits per heavy atom. The smallest absolute Gasteiger partial charge is 0.0863 e. The molecule has 2 heterocycles. The number of rotatable bonds is 4. The van der Waals surface area contributed by atoms with Crippen LogP contribution in [0.4, 0.5) is 0 Å². The zero-order valence-electron chi connectivity index (χ0n) is 13.1. The van der Waals surface area contributed by atoms with E-state index < -0.39 is 0 Å². The molecule has 2 fully saturated rings. The number of halogens is 1. The molecule has 0 spiro atoms. The Morgan fingerprint density at radius 1 is 1.29 bits per heavy atom. The van der Waals surface area contributed by atoms with Gasteiger partial charge in [-0.1, -0.05) is 24.9 Å². The van der Waals surface area contributed by atoms with Crippen molar-refractivity contribution < 1.29 is 5.11 Å². The van der Waals surface area contributed by atoms with Crippen molar-refractivity contribution in [1.82, 2.24) is 14.7 Å². The predicted molar refractivity (Wildman–Crippen MR) is 84.4 cm³/mol. The van der Waals surface area contributed by atoms with Gasteiger partial charge in [0.2, 0.25) is 0 Å². The lowest BCUT2D eigenvalue weighted by molar-refractivity contribution is 0.0710. The topological polar surface area (TPSA) is 41.3 Å². The number of nitrogens with zero attached hydrogens (tertiary/aromatic N) is 3. The fourth-order valence-electron chi connectivity index (χ4n) is 4.14. The number of aryl methyl sites for hydroxylation is 2. The van der Waals surface area contributed by atoms with Crippen molar-refractivity contribution in [3.63, 3.8) is 0 Å². The van der Waals surface area contributed by atoms with Gasteiger partial charge in [0.25, 0.3) is 0 Å². The molecule has 1 aliphatic carbocycles. The average molecular weight is 312 g/mol. The summed E-state index contributed by atoms with van der Waals surface area (Å²) in [6, 6.07) is 0.513. The number of aliphatic hydroxyl groups is 1. The molecule has 4 nitrogen and oxygen atoms in total. The van der Waals surface area contributed by atoms with Gasteiger partial charge in [-0.15, -0.1) is 0 Å². The van der Waals surface area contributed by atoms with Gasteiger partial charge in [-0.25, -0.2) is 0 Å². The quantitative estimate of drug-likeness (QED) is 0.929. The summed E-state index contributed by atoms with van der Waals surface area (Å²) in [6.07, 6.45) is 6.51. The van der Waals surface area contributed by atoms with Gasteiger partial charge in [0.1, 0.15) is 0 Å². The molecular formula is C16H26ClN3O. The molecule has 3 rings (SSSR count). The van der Waals surface area contributed by atoms with Crippen molar-refractivity contribution in [3.05, 3.63) is 16.4 Å². The third-order valence-corrected chi connectivity index (χ3v) is 5.73. The molecule has 0 amide bonds. The number of hydrogen-bond acceptors (Lipinski definition) is 3. The Bertz CT molecular complexity index is 502. The Kier molecular flexibility index (Phi) is 4.57. The molecule has 3 unspecified atom stereocenters. The summed E-state index contributed by atoms with van der Waals surface area (Å²) in [5.74, 6) is 0.449. The van der Waals surface area contributed by atoms with Crippen LogP contribution < -0.4 is 0 Å². The summed E-state index contributed by atoms with van der Waals surface area (Å²) in [6.45, 7) is 4.05. The summed E-state index contributed by atoms with van der Waals surface area (Å²) in [4.78, 5) is 2.52. The molecule has 1 N–H and O–H groups in total. The minimum atomic E-state index is -0.108. The number of aliphatic hydroxyl groups excluding tert-OH is 1. The fraction of sp³-hybridized carbons (Fsp3) is 0.812. The van der Waals surface area contributed by atoms with Crippen LogP contribution in [0.25, 0.3) is 0 Å². The normalized spacial score (nSPS) is 30.4. The maximum absolute atomic E-state index is 10.2. The molecule has 1 saturated heterocycles. The second kappa shape index (κ2) is 6.27. The molecular weight excluding hydrogens is 286 g/mol. The largest absolute Gasteiger partial charge is 0.393 e. The lowest BCUT2D eigenvalue weighted by Crippen LogP contribution is -2.38. The van der Waals surface area contributed by atoms with Gasteiger partial charge >= 0.3 is 0 Å². The lowest BCUT2D eigenvalue weighted by Gasteiger charge is -2.31. The summed E-state index contributed by atoms with van der Waals surface area (Å²) >= 11 is 6.48. The van der Waals surface area contributed by atoms with Crippen molar-refractivity contribution in [3.8, 4) is 0 Å². The van der Waals surface area contributed by atoms with E-state index >= 15 is 0 Å². The fourth-order valence-corrected chi connectivity index (χ4v) is 4.49. The molecule has 1 aliphatic heterocycles. The van der Waals surface area contributed by atoms with Crippen molar-refractivity contribution in [1.29, 1.82) is 0 Å². The van der Waals surface area contributed by atoms with Crippen LogP contribution in [0, 0.1) is 5.92 Å². The first-order valence-corrected chi connectivity index (χ1v) is 8.62. The molecule has 1 saturated carbocycles. The van der Waals surface area contributed by atoms with Crippen molar-refractivity contribution in [2.75, 3.05) is 6.54 Å². The number of likely N-dealkylation sites (tertiary alicyclic amines) is 1. The van der Waals surface area contributed by atoms with Gasteiger partial charge in [0, 0.05) is 25.6 Å². The first kappa shape index (κ1) is 15.3. The summed E-state index contributed by atoms with van der Waals surface area (Å²) in [5, 5.41) is 15.6. The van der Waals surface area contributed by atoms with Crippen molar-refractivity contribution >= 4 is 11.6 Å². The Hall–Kier alpha value is -0.580. The molecule has 0 radical (unpaired) electrons. The van der Waals surface area contributed by atoms with Crippen molar-refractivity contribution in [2.45, 2.75) is 64.1 Å². The van der Waals surface area contributed by atoms with Crippen LogP contribution in [0.15, 0.2) is 0 Å². The zero-order chi connectivity index (χ0) is 15.0. The monoisotopic (exact) mass is 311 g/mol. The molecule has 21 heavy (non-hydrogen) atoms. The second-order valence-electron chi connectivity index (χ2n) is 6.53. The number of hydrogen-bond donors (Lipinski definition) is 1. The van der Waals surface area contributed by atoms with Crippen LogP contribution in [0.5, 0.6) is 0 Å². The molecule has 5 heteroatoms. The minimum Gasteiger partial charge on any atom is -0.393 e. The molecule has 2 aliphatic rings. The third-order valence-electron chi connectivity index (χ3n) is 5.30. The second-order valence-corrected chi connectivity index (χ2v) is 6.90. The molecule has 118 valence electrons. The van der Waals surface area contributed by atoms with E-state index in [1.54, 1.807) is 0 Å². The number of aromatic nitrogens is 2. The van der Waals surface area contributed by atoms with E-state index in [1.165, 1.54) is 25.7 Å². The van der Waals surface area contributed by atoms with Gasteiger partial charge in [-0.2, -0.15) is 5.10 Å². The molecule has 0 aromatic carbocycles. The van der Waals surface area contributed by atoms with E-state index in [0.29, 0.717) is 12.0 Å². The maximum Gasteiger partial charge on any atom is 0.0863 e. The van der Waals surface area contributed by atoms with Crippen LogP contribution in [-0.4, -0.2) is 38.5 Å². The van der Waals surface area contributed by atoms with Gasteiger partial charge in [0.15, 0.2) is 0 Å². The summed E-state index contributed by atoms with van der Waals surface area (Å²) in [7, 11) is 1.98. The van der Waals surface area contributed by atoms with E-state index in [1.807, 2.05) is 11.7 Å². The van der Waals surface area contributed by atoms with Crippen LogP contribution >= 0.6 is 11.6 Å². The van der Waals surface area contributed by atoms with Gasteiger partial charge in [0.05, 0.1) is 22.5 Å². The van der Waals surface area contributed by atoms with Crippen LogP contribution in [0.1, 0.15) is 50.4 Å². The van der Waals surface area contributed by atoms with E-state index in [9.17, 15) is 5.11 Å². The standard InChI is InChI=1S/C16H26ClN3O/c1-3-12-16(17)14(19(2)18-12)10-20-9-5-7-13(20)11-6-4-8-15(11)21/h11,13,15,21H,3-10H2,1-2H3. The van der Waals surface area contributed by atoms with Gasteiger partial charge in [-0.05, 0) is 38.6 Å². The van der Waals surface area contributed by atoms with Crippen LogP contribution in [-0.2, 0) is 20.0 Å². The van der Waals surface area contributed by atoms with E-state index in [-0.39, 0.29) is 6.10 Å². The van der Waals surface area contributed by atoms with E-state index in [0.717, 1.165) is 42.3 Å². The van der Waals surface area contributed by atoms with E-state index in [4.69, 9.17) is 11.6 Å². The predicted octanol–water partition coefficient (Wildman–Crippen LogP) is 2.76. The van der Waals surface area contributed by atoms with Gasteiger partial charge < -0.3 is 5.11 Å². The lowest BCUT2D eigenvalue weighted by atomic mass is 9.94. The maximum atomic E-state index is 10.2. The zero-order valence-corrected chi connectivity index (χ0v) is 13.8. The Morgan fingerprint density at radius 3 is 2.71 bits per heavy atom. The minimum absolute atomic E-state index is 0.108. The SMILES string of the molecule is CCc1nn(C)c(CN2CCCC2C2CCCC2O)c1Cl. The van der Waals surface area contributed by atoms with E-state index in [2.05, 4.69) is 16.9 Å². The van der Waals surface area contributed by atoms with Gasteiger partial charge in [-0.3, -0.25) is 9.58 Å². The molecule has 3 atom stereocenters. The molecule has 1 aromatic rings. The highest BCUT2D eigenvalue weighted by Crippen LogP contribution is 2.37. The first-order chi connectivity index (χ1) is 10.1. The summed E-state index contributed by atoms with van der Waals surface area (Å²) in [5.41, 5.74) is 2.11.